The van der Waals surface area contributed by atoms with Crippen LogP contribution >= 0.6 is 23.1 Å². The number of hydrogen-bond donors (Lipinski definition) is 1. The zero-order valence-corrected chi connectivity index (χ0v) is 10.5. The van der Waals surface area contributed by atoms with Crippen LogP contribution in [0.2, 0.25) is 0 Å². The van der Waals surface area contributed by atoms with Gasteiger partial charge in [-0.2, -0.15) is 0 Å². The van der Waals surface area contributed by atoms with Gasteiger partial charge < -0.3 is 5.73 Å². The molecule has 0 spiro atoms. The molecule has 1 radical (unpaired) electrons. The monoisotopic (exact) mass is 256 g/mol. The van der Waals surface area contributed by atoms with Gasteiger partial charge in [-0.1, -0.05) is 11.3 Å². The molecule has 1 fully saturated rings. The zero-order valence-electron chi connectivity index (χ0n) is 8.89. The Morgan fingerprint density at radius 3 is 3.31 bits per heavy atom. The van der Waals surface area contributed by atoms with E-state index in [0.29, 0.717) is 5.13 Å². The first-order chi connectivity index (χ1) is 7.79. The van der Waals surface area contributed by atoms with Crippen molar-refractivity contribution in [3.05, 3.63) is 6.20 Å². The average Bonchev–Trinajstić information content (AvgIpc) is 2.87. The third kappa shape index (κ3) is 2.96. The molecule has 2 rings (SSSR count). The van der Waals surface area contributed by atoms with Gasteiger partial charge in [0, 0.05) is 12.3 Å². The summed E-state index contributed by atoms with van der Waals surface area (Å²) in [7, 11) is 0. The lowest BCUT2D eigenvalue weighted by Gasteiger charge is -2.18. The maximum Gasteiger partial charge on any atom is 0.217 e. The van der Waals surface area contributed by atoms with Crippen LogP contribution in [0, 0.1) is 0 Å². The highest BCUT2D eigenvalue weighted by atomic mass is 32.2. The molecule has 4 nitrogen and oxygen atoms in total. The van der Waals surface area contributed by atoms with Crippen molar-refractivity contribution in [3.63, 3.8) is 0 Å². The molecule has 1 aliphatic rings. The van der Waals surface area contributed by atoms with Crippen LogP contribution in [-0.2, 0) is 4.79 Å². The van der Waals surface area contributed by atoms with E-state index in [-0.39, 0.29) is 6.04 Å². The standard InChI is InChI=1S/C10H14N3OS2/c11-10-12-6-9(16-10)15-5-4-13-3-1-2-8(13)7-14/h6,8H,1-5H2,(H2,11,12)/t8-/m0/s1. The molecule has 1 saturated heterocycles. The van der Waals surface area contributed by atoms with Crippen molar-refractivity contribution in [1.29, 1.82) is 0 Å². The molecule has 2 heterocycles. The summed E-state index contributed by atoms with van der Waals surface area (Å²) in [6.07, 6.45) is 5.98. The quantitative estimate of drug-likeness (QED) is 0.807. The topological polar surface area (TPSA) is 59.2 Å². The fraction of sp³-hybridized carbons (Fsp3) is 0.600. The summed E-state index contributed by atoms with van der Waals surface area (Å²) in [5, 5.41) is 0.614. The summed E-state index contributed by atoms with van der Waals surface area (Å²) in [6.45, 7) is 1.95. The molecule has 0 aliphatic carbocycles. The maximum atomic E-state index is 10.7. The van der Waals surface area contributed by atoms with Gasteiger partial charge in [0.25, 0.3) is 0 Å². The third-order valence-electron chi connectivity index (χ3n) is 2.62. The van der Waals surface area contributed by atoms with Crippen LogP contribution in [0.25, 0.3) is 0 Å². The Hall–Kier alpha value is -0.590. The second kappa shape index (κ2) is 5.65. The lowest BCUT2D eigenvalue weighted by Crippen LogP contribution is -2.32. The van der Waals surface area contributed by atoms with Crippen molar-refractivity contribution in [1.82, 2.24) is 9.88 Å². The van der Waals surface area contributed by atoms with Gasteiger partial charge in [0.15, 0.2) is 5.13 Å². The smallest absolute Gasteiger partial charge is 0.217 e. The molecular weight excluding hydrogens is 242 g/mol. The molecule has 16 heavy (non-hydrogen) atoms. The third-order valence-corrected chi connectivity index (χ3v) is 4.63. The summed E-state index contributed by atoms with van der Waals surface area (Å²) in [6, 6.07) is 0.0205. The molecule has 6 heteroatoms. The van der Waals surface area contributed by atoms with Gasteiger partial charge >= 0.3 is 0 Å². The van der Waals surface area contributed by atoms with E-state index in [0.717, 1.165) is 35.9 Å². The second-order valence-corrected chi connectivity index (χ2v) is 6.14. The lowest BCUT2D eigenvalue weighted by atomic mass is 10.2. The Morgan fingerprint density at radius 1 is 1.75 bits per heavy atom. The number of aromatic nitrogens is 1. The molecule has 1 atom stereocenters. The van der Waals surface area contributed by atoms with Gasteiger partial charge in [-0.05, 0) is 19.4 Å². The molecule has 2 N–H and O–H groups in total. The van der Waals surface area contributed by atoms with E-state index in [9.17, 15) is 4.79 Å². The maximum absolute atomic E-state index is 10.7. The lowest BCUT2D eigenvalue weighted by molar-refractivity contribution is 0.314. The molecule has 1 aromatic rings. The van der Waals surface area contributed by atoms with Gasteiger partial charge in [0.05, 0.1) is 16.4 Å². The Balaban J connectivity index is 1.73. The first-order valence-electron chi connectivity index (χ1n) is 5.25. The number of anilines is 1. The van der Waals surface area contributed by atoms with Gasteiger partial charge in [-0.25, -0.2) is 4.98 Å². The van der Waals surface area contributed by atoms with E-state index in [4.69, 9.17) is 5.73 Å². The molecule has 0 aromatic carbocycles. The minimum absolute atomic E-state index is 0.0205. The second-order valence-electron chi connectivity index (χ2n) is 3.68. The number of nitrogens with two attached hydrogens (primary N) is 1. The van der Waals surface area contributed by atoms with Crippen molar-refractivity contribution in [2.24, 2.45) is 0 Å². The van der Waals surface area contributed by atoms with Crippen LogP contribution in [0.1, 0.15) is 12.8 Å². The number of nitrogens with zero attached hydrogens (tertiary/aromatic N) is 2. The van der Waals surface area contributed by atoms with E-state index in [1.54, 1.807) is 18.0 Å². The highest BCUT2D eigenvalue weighted by Gasteiger charge is 2.23. The first kappa shape index (κ1) is 11.9. The molecular formula is C10H14N3OS2. The molecule has 1 aliphatic heterocycles. The fourth-order valence-corrected chi connectivity index (χ4v) is 3.64. The van der Waals surface area contributed by atoms with E-state index in [1.807, 2.05) is 0 Å². The summed E-state index contributed by atoms with van der Waals surface area (Å²) >= 11 is 3.26. The van der Waals surface area contributed by atoms with E-state index >= 15 is 0 Å². The van der Waals surface area contributed by atoms with Crippen molar-refractivity contribution in [2.75, 3.05) is 24.6 Å². The Labute approximate surface area is 103 Å². The summed E-state index contributed by atoms with van der Waals surface area (Å²) < 4.78 is 1.14. The minimum Gasteiger partial charge on any atom is -0.375 e. The van der Waals surface area contributed by atoms with Crippen molar-refractivity contribution in [3.8, 4) is 0 Å². The van der Waals surface area contributed by atoms with Crippen molar-refractivity contribution < 1.29 is 4.79 Å². The zero-order chi connectivity index (χ0) is 11.4. The predicted octanol–water partition coefficient (Wildman–Crippen LogP) is 1.39. The minimum atomic E-state index is 0.0205. The highest BCUT2D eigenvalue weighted by Crippen LogP contribution is 2.26. The van der Waals surface area contributed by atoms with Crippen LogP contribution in [0.3, 0.4) is 0 Å². The van der Waals surface area contributed by atoms with E-state index in [2.05, 4.69) is 16.2 Å². The average molecular weight is 256 g/mol. The molecule has 0 saturated carbocycles. The number of hydrogen-bond acceptors (Lipinski definition) is 6. The van der Waals surface area contributed by atoms with Crippen LogP contribution < -0.4 is 5.73 Å². The molecule has 0 amide bonds. The van der Waals surface area contributed by atoms with Gasteiger partial charge in [0.2, 0.25) is 6.29 Å². The SMILES string of the molecule is Nc1ncc(SCCN2CCC[C@H]2[C]=O)s1. The summed E-state index contributed by atoms with van der Waals surface area (Å²) in [5.74, 6) is 0.972. The number of nitrogen functional groups attached to an aromatic ring is 1. The van der Waals surface area contributed by atoms with Crippen LogP contribution in [-0.4, -0.2) is 41.1 Å². The van der Waals surface area contributed by atoms with Gasteiger partial charge in [0.1, 0.15) is 0 Å². The Kier molecular flexibility index (Phi) is 4.20. The van der Waals surface area contributed by atoms with Crippen LogP contribution in [0.4, 0.5) is 5.13 Å². The normalized spacial score (nSPS) is 21.4. The number of rotatable bonds is 5. The Bertz CT molecular complexity index is 356. The number of thioether (sulfide) groups is 1. The fourth-order valence-electron chi connectivity index (χ4n) is 1.83. The summed E-state index contributed by atoms with van der Waals surface area (Å²) in [4.78, 5) is 16.9. The van der Waals surface area contributed by atoms with Crippen LogP contribution in [0.15, 0.2) is 10.4 Å². The Morgan fingerprint density at radius 2 is 2.62 bits per heavy atom. The molecule has 1 aromatic heterocycles. The van der Waals surface area contributed by atoms with E-state index in [1.165, 1.54) is 11.3 Å². The first-order valence-corrected chi connectivity index (χ1v) is 7.05. The van der Waals surface area contributed by atoms with Crippen LogP contribution in [0.5, 0.6) is 0 Å². The molecule has 0 unspecified atom stereocenters. The van der Waals surface area contributed by atoms with Crippen molar-refractivity contribution in [2.45, 2.75) is 23.1 Å². The number of likely N-dealkylation sites (tertiary alicyclic amines) is 1. The van der Waals surface area contributed by atoms with Gasteiger partial charge in [-0.3, -0.25) is 9.69 Å². The van der Waals surface area contributed by atoms with Gasteiger partial charge in [-0.15, -0.1) is 11.8 Å². The van der Waals surface area contributed by atoms with E-state index < -0.39 is 0 Å². The number of thiazole rings is 1. The molecule has 0 bridgehead atoms. The largest absolute Gasteiger partial charge is 0.375 e. The van der Waals surface area contributed by atoms with Crippen molar-refractivity contribution >= 4 is 34.5 Å². The highest BCUT2D eigenvalue weighted by molar-refractivity contribution is 8.01. The number of carbonyl (C=O) groups excluding carboxylic acids is 1. The summed E-state index contributed by atoms with van der Waals surface area (Å²) in [5.41, 5.74) is 5.55. The predicted molar refractivity (Wildman–Crippen MR) is 67.5 cm³/mol. The molecule has 87 valence electrons.